The third kappa shape index (κ3) is 5.02. The highest BCUT2D eigenvalue weighted by Gasteiger charge is 2.07. The number of hydrogen-bond donors (Lipinski definition) is 1. The van der Waals surface area contributed by atoms with E-state index < -0.39 is 0 Å². The predicted octanol–water partition coefficient (Wildman–Crippen LogP) is 2.52. The summed E-state index contributed by atoms with van der Waals surface area (Å²) in [5, 5.41) is 0. The third-order valence-electron chi connectivity index (χ3n) is 2.78. The summed E-state index contributed by atoms with van der Waals surface area (Å²) in [6.07, 6.45) is 2.49. The molecule has 0 aliphatic rings. The standard InChI is InChI=1S/C14H22FNO2/c1-3-18-8-4-5-12(16)9-11-6-7-14(17-2)13(15)10-11/h6-7,10,12H,3-5,8-9,16H2,1-2H3. The first kappa shape index (κ1) is 14.9. The summed E-state index contributed by atoms with van der Waals surface area (Å²) in [7, 11) is 1.46. The molecule has 0 amide bonds. The van der Waals surface area contributed by atoms with Crippen LogP contribution in [0.5, 0.6) is 5.75 Å². The van der Waals surface area contributed by atoms with E-state index in [9.17, 15) is 4.39 Å². The van der Waals surface area contributed by atoms with E-state index in [2.05, 4.69) is 0 Å². The molecule has 1 aromatic carbocycles. The van der Waals surface area contributed by atoms with E-state index in [1.54, 1.807) is 6.07 Å². The van der Waals surface area contributed by atoms with Crippen LogP contribution >= 0.6 is 0 Å². The van der Waals surface area contributed by atoms with Crippen LogP contribution in [0.15, 0.2) is 18.2 Å². The van der Waals surface area contributed by atoms with Crippen LogP contribution in [0, 0.1) is 5.82 Å². The van der Waals surface area contributed by atoms with Crippen molar-refractivity contribution in [1.29, 1.82) is 0 Å². The molecule has 1 aromatic rings. The number of ether oxygens (including phenoxy) is 2. The van der Waals surface area contributed by atoms with Crippen molar-refractivity contribution in [2.24, 2.45) is 5.73 Å². The van der Waals surface area contributed by atoms with Crippen LogP contribution in [-0.2, 0) is 11.2 Å². The fourth-order valence-electron chi connectivity index (χ4n) is 1.83. The number of halogens is 1. The van der Waals surface area contributed by atoms with Crippen molar-refractivity contribution in [2.75, 3.05) is 20.3 Å². The third-order valence-corrected chi connectivity index (χ3v) is 2.78. The van der Waals surface area contributed by atoms with Crippen LogP contribution in [0.2, 0.25) is 0 Å². The molecule has 1 rings (SSSR count). The maximum atomic E-state index is 13.5. The normalized spacial score (nSPS) is 12.4. The molecule has 2 N–H and O–H groups in total. The molecule has 4 heteroatoms. The minimum atomic E-state index is -0.337. The minimum Gasteiger partial charge on any atom is -0.494 e. The van der Waals surface area contributed by atoms with E-state index in [-0.39, 0.29) is 17.6 Å². The van der Waals surface area contributed by atoms with Crippen LogP contribution in [-0.4, -0.2) is 26.4 Å². The molecule has 1 unspecified atom stereocenters. The molecule has 0 heterocycles. The van der Waals surface area contributed by atoms with Crippen LogP contribution in [0.1, 0.15) is 25.3 Å². The SMILES string of the molecule is CCOCCCC(N)Cc1ccc(OC)c(F)c1. The number of nitrogens with two attached hydrogens (primary N) is 1. The Hall–Kier alpha value is -1.13. The Kier molecular flexibility index (Phi) is 6.68. The van der Waals surface area contributed by atoms with E-state index in [1.807, 2.05) is 13.0 Å². The largest absolute Gasteiger partial charge is 0.494 e. The minimum absolute atomic E-state index is 0.0400. The van der Waals surface area contributed by atoms with E-state index in [0.29, 0.717) is 6.42 Å². The zero-order valence-electron chi connectivity index (χ0n) is 11.1. The zero-order chi connectivity index (χ0) is 13.4. The van der Waals surface area contributed by atoms with Gasteiger partial charge in [0.05, 0.1) is 7.11 Å². The lowest BCUT2D eigenvalue weighted by Crippen LogP contribution is -2.23. The van der Waals surface area contributed by atoms with Gasteiger partial charge in [-0.05, 0) is 43.9 Å². The Labute approximate surface area is 108 Å². The van der Waals surface area contributed by atoms with Gasteiger partial charge in [0.25, 0.3) is 0 Å². The van der Waals surface area contributed by atoms with Crippen LogP contribution in [0.25, 0.3) is 0 Å². The fourth-order valence-corrected chi connectivity index (χ4v) is 1.83. The van der Waals surface area contributed by atoms with Gasteiger partial charge in [-0.2, -0.15) is 0 Å². The molecule has 0 saturated heterocycles. The highest BCUT2D eigenvalue weighted by Crippen LogP contribution is 2.18. The lowest BCUT2D eigenvalue weighted by atomic mass is 10.0. The molecule has 0 saturated carbocycles. The van der Waals surface area contributed by atoms with Crippen molar-refractivity contribution in [3.8, 4) is 5.75 Å². The van der Waals surface area contributed by atoms with Gasteiger partial charge < -0.3 is 15.2 Å². The molecule has 0 radical (unpaired) electrons. The van der Waals surface area contributed by atoms with Gasteiger partial charge in [-0.1, -0.05) is 6.07 Å². The zero-order valence-corrected chi connectivity index (χ0v) is 11.1. The number of hydrogen-bond acceptors (Lipinski definition) is 3. The van der Waals surface area contributed by atoms with E-state index in [1.165, 1.54) is 13.2 Å². The Morgan fingerprint density at radius 2 is 2.17 bits per heavy atom. The molecule has 1 atom stereocenters. The summed E-state index contributed by atoms with van der Waals surface area (Å²) in [5.74, 6) is -0.0693. The number of methoxy groups -OCH3 is 1. The van der Waals surface area contributed by atoms with Crippen LogP contribution in [0.3, 0.4) is 0 Å². The molecule has 0 bridgehead atoms. The molecule has 0 aromatic heterocycles. The average molecular weight is 255 g/mol. The number of rotatable bonds is 8. The summed E-state index contributed by atoms with van der Waals surface area (Å²) in [6.45, 7) is 3.44. The molecular formula is C14H22FNO2. The van der Waals surface area contributed by atoms with Crippen molar-refractivity contribution < 1.29 is 13.9 Å². The van der Waals surface area contributed by atoms with Crippen molar-refractivity contribution in [3.63, 3.8) is 0 Å². The summed E-state index contributed by atoms with van der Waals surface area (Å²) >= 11 is 0. The first-order valence-electron chi connectivity index (χ1n) is 6.33. The quantitative estimate of drug-likeness (QED) is 0.726. The van der Waals surface area contributed by atoms with Gasteiger partial charge in [0.1, 0.15) is 0 Å². The van der Waals surface area contributed by atoms with Crippen molar-refractivity contribution >= 4 is 0 Å². The van der Waals surface area contributed by atoms with Crippen molar-refractivity contribution in [2.45, 2.75) is 32.2 Å². The van der Waals surface area contributed by atoms with E-state index in [4.69, 9.17) is 15.2 Å². The van der Waals surface area contributed by atoms with Gasteiger partial charge in [0, 0.05) is 19.3 Å². The lowest BCUT2D eigenvalue weighted by molar-refractivity contribution is 0.142. The highest BCUT2D eigenvalue weighted by atomic mass is 19.1. The Bertz CT molecular complexity index is 358. The van der Waals surface area contributed by atoms with Gasteiger partial charge in [0.15, 0.2) is 11.6 Å². The molecule has 0 spiro atoms. The maximum absolute atomic E-state index is 13.5. The summed E-state index contributed by atoms with van der Waals surface area (Å²) < 4.78 is 23.6. The average Bonchev–Trinajstić information content (AvgIpc) is 2.35. The van der Waals surface area contributed by atoms with Gasteiger partial charge in [-0.15, -0.1) is 0 Å². The molecule has 102 valence electrons. The van der Waals surface area contributed by atoms with Gasteiger partial charge >= 0.3 is 0 Å². The second-order valence-corrected chi connectivity index (χ2v) is 4.27. The molecule has 0 fully saturated rings. The van der Waals surface area contributed by atoms with Gasteiger partial charge in [-0.3, -0.25) is 0 Å². The maximum Gasteiger partial charge on any atom is 0.165 e. The summed E-state index contributed by atoms with van der Waals surface area (Å²) in [6, 6.07) is 5.02. The topological polar surface area (TPSA) is 44.5 Å². The monoisotopic (exact) mass is 255 g/mol. The van der Waals surface area contributed by atoms with Gasteiger partial charge in [-0.25, -0.2) is 4.39 Å². The first-order chi connectivity index (χ1) is 8.67. The van der Waals surface area contributed by atoms with E-state index in [0.717, 1.165) is 31.6 Å². The fraction of sp³-hybridized carbons (Fsp3) is 0.571. The summed E-state index contributed by atoms with van der Waals surface area (Å²) in [4.78, 5) is 0. The summed E-state index contributed by atoms with van der Waals surface area (Å²) in [5.41, 5.74) is 6.90. The highest BCUT2D eigenvalue weighted by molar-refractivity contribution is 5.29. The number of benzene rings is 1. The first-order valence-corrected chi connectivity index (χ1v) is 6.33. The van der Waals surface area contributed by atoms with Crippen molar-refractivity contribution in [3.05, 3.63) is 29.6 Å². The van der Waals surface area contributed by atoms with Crippen molar-refractivity contribution in [1.82, 2.24) is 0 Å². The van der Waals surface area contributed by atoms with Crippen LogP contribution < -0.4 is 10.5 Å². The second kappa shape index (κ2) is 8.06. The van der Waals surface area contributed by atoms with E-state index >= 15 is 0 Å². The smallest absolute Gasteiger partial charge is 0.165 e. The molecule has 0 aliphatic heterocycles. The van der Waals surface area contributed by atoms with Gasteiger partial charge in [0.2, 0.25) is 0 Å². The molecular weight excluding hydrogens is 233 g/mol. The van der Waals surface area contributed by atoms with Crippen LogP contribution in [0.4, 0.5) is 4.39 Å². The molecule has 18 heavy (non-hydrogen) atoms. The Morgan fingerprint density at radius 3 is 2.78 bits per heavy atom. The second-order valence-electron chi connectivity index (χ2n) is 4.27. The predicted molar refractivity (Wildman–Crippen MR) is 70.4 cm³/mol. The molecule has 3 nitrogen and oxygen atoms in total. The Morgan fingerprint density at radius 1 is 1.39 bits per heavy atom. The lowest BCUT2D eigenvalue weighted by Gasteiger charge is -2.12. The molecule has 0 aliphatic carbocycles. The Balaban J connectivity index is 2.39.